The summed E-state index contributed by atoms with van der Waals surface area (Å²) in [7, 11) is 0. The van der Waals surface area contributed by atoms with Crippen LogP contribution in [0.4, 0.5) is 0 Å². The Bertz CT molecular complexity index is 503. The standard InChI is InChI=1S/C15H19N3S/c1-3-7-13(8-4-1)14-11-16-15(19-14)12-17-18-9-5-2-6-10-18/h1,3-4,7-8,11,17H,2,5-6,9-10,12H2. The molecule has 0 bridgehead atoms. The third kappa shape index (κ3) is 3.41. The molecule has 0 amide bonds. The van der Waals surface area contributed by atoms with Crippen molar-refractivity contribution >= 4 is 11.3 Å². The maximum Gasteiger partial charge on any atom is 0.108 e. The Labute approximate surface area is 118 Å². The second kappa shape index (κ2) is 6.28. The smallest absolute Gasteiger partial charge is 0.108 e. The van der Waals surface area contributed by atoms with Crippen LogP contribution in [0.1, 0.15) is 24.3 Å². The minimum absolute atomic E-state index is 0.845. The van der Waals surface area contributed by atoms with Crippen molar-refractivity contribution < 1.29 is 0 Å². The van der Waals surface area contributed by atoms with E-state index >= 15 is 0 Å². The number of hydrogen-bond acceptors (Lipinski definition) is 4. The molecule has 1 saturated heterocycles. The largest absolute Gasteiger partial charge is 0.248 e. The molecule has 2 aromatic rings. The molecule has 0 radical (unpaired) electrons. The lowest BCUT2D eigenvalue weighted by atomic mass is 10.2. The Morgan fingerprint density at radius 1 is 1.11 bits per heavy atom. The van der Waals surface area contributed by atoms with E-state index in [1.165, 1.54) is 29.7 Å². The molecule has 1 aromatic heterocycles. The van der Waals surface area contributed by atoms with Gasteiger partial charge in [-0.15, -0.1) is 11.3 Å². The van der Waals surface area contributed by atoms with Crippen LogP contribution < -0.4 is 5.43 Å². The van der Waals surface area contributed by atoms with Gasteiger partial charge in [-0.25, -0.2) is 15.4 Å². The van der Waals surface area contributed by atoms with Crippen LogP contribution in [0.2, 0.25) is 0 Å². The van der Waals surface area contributed by atoms with E-state index in [0.29, 0.717) is 0 Å². The zero-order valence-electron chi connectivity index (χ0n) is 11.0. The first-order chi connectivity index (χ1) is 9.42. The van der Waals surface area contributed by atoms with E-state index in [1.54, 1.807) is 11.3 Å². The van der Waals surface area contributed by atoms with Crippen molar-refractivity contribution in [3.63, 3.8) is 0 Å². The zero-order valence-corrected chi connectivity index (χ0v) is 11.8. The number of hydrazine groups is 1. The number of thiazole rings is 1. The van der Waals surface area contributed by atoms with E-state index in [9.17, 15) is 0 Å². The van der Waals surface area contributed by atoms with Gasteiger partial charge in [0.15, 0.2) is 0 Å². The molecule has 2 heterocycles. The first-order valence-corrected chi connectivity index (χ1v) is 7.72. The molecule has 100 valence electrons. The lowest BCUT2D eigenvalue weighted by molar-refractivity contribution is 0.151. The Kier molecular flexibility index (Phi) is 4.23. The van der Waals surface area contributed by atoms with Gasteiger partial charge in [0.1, 0.15) is 5.01 Å². The molecule has 0 spiro atoms. The highest BCUT2D eigenvalue weighted by molar-refractivity contribution is 7.15. The zero-order chi connectivity index (χ0) is 12.9. The topological polar surface area (TPSA) is 28.2 Å². The summed E-state index contributed by atoms with van der Waals surface area (Å²) in [6.07, 6.45) is 5.96. The molecule has 0 unspecified atom stereocenters. The third-order valence-corrected chi connectivity index (χ3v) is 4.47. The van der Waals surface area contributed by atoms with Gasteiger partial charge in [-0.05, 0) is 18.4 Å². The van der Waals surface area contributed by atoms with Gasteiger partial charge in [-0.1, -0.05) is 36.8 Å². The molecular weight excluding hydrogens is 254 g/mol. The van der Waals surface area contributed by atoms with Crippen LogP contribution in [0, 0.1) is 0 Å². The van der Waals surface area contributed by atoms with Crippen molar-refractivity contribution in [1.82, 2.24) is 15.4 Å². The van der Waals surface area contributed by atoms with Gasteiger partial charge in [-0.2, -0.15) is 0 Å². The summed E-state index contributed by atoms with van der Waals surface area (Å²) in [6.45, 7) is 3.17. The van der Waals surface area contributed by atoms with E-state index in [-0.39, 0.29) is 0 Å². The summed E-state index contributed by atoms with van der Waals surface area (Å²) in [5, 5.41) is 3.48. The number of nitrogens with zero attached hydrogens (tertiary/aromatic N) is 2. The molecule has 1 aliphatic rings. The van der Waals surface area contributed by atoms with Crippen molar-refractivity contribution in [1.29, 1.82) is 0 Å². The molecule has 1 fully saturated rings. The lowest BCUT2D eigenvalue weighted by Crippen LogP contribution is -2.41. The van der Waals surface area contributed by atoms with Gasteiger partial charge in [-0.3, -0.25) is 0 Å². The second-order valence-corrected chi connectivity index (χ2v) is 5.98. The number of benzene rings is 1. The van der Waals surface area contributed by atoms with Crippen molar-refractivity contribution in [3.05, 3.63) is 41.5 Å². The van der Waals surface area contributed by atoms with Crippen molar-refractivity contribution in [2.24, 2.45) is 0 Å². The summed E-state index contributed by atoms with van der Waals surface area (Å²) < 4.78 is 0. The Morgan fingerprint density at radius 2 is 1.89 bits per heavy atom. The monoisotopic (exact) mass is 273 g/mol. The lowest BCUT2D eigenvalue weighted by Gasteiger charge is -2.26. The average Bonchev–Trinajstić information content (AvgIpc) is 2.96. The fraction of sp³-hybridized carbons (Fsp3) is 0.400. The quantitative estimate of drug-likeness (QED) is 0.926. The van der Waals surface area contributed by atoms with Gasteiger partial charge in [0, 0.05) is 19.3 Å². The summed E-state index contributed by atoms with van der Waals surface area (Å²) in [5.41, 5.74) is 4.74. The summed E-state index contributed by atoms with van der Waals surface area (Å²) in [4.78, 5) is 5.75. The highest BCUT2D eigenvalue weighted by Gasteiger charge is 2.10. The molecule has 3 nitrogen and oxygen atoms in total. The van der Waals surface area contributed by atoms with Crippen LogP contribution in [0.3, 0.4) is 0 Å². The molecule has 4 heteroatoms. The van der Waals surface area contributed by atoms with Gasteiger partial charge >= 0.3 is 0 Å². The van der Waals surface area contributed by atoms with Crippen molar-refractivity contribution in [3.8, 4) is 10.4 Å². The molecule has 1 aromatic carbocycles. The highest BCUT2D eigenvalue weighted by atomic mass is 32.1. The Morgan fingerprint density at radius 3 is 2.68 bits per heavy atom. The molecule has 1 aliphatic heterocycles. The number of piperidine rings is 1. The third-order valence-electron chi connectivity index (χ3n) is 3.42. The van der Waals surface area contributed by atoms with E-state index in [2.05, 4.69) is 39.7 Å². The van der Waals surface area contributed by atoms with Crippen LogP contribution in [-0.2, 0) is 6.54 Å². The summed E-state index contributed by atoms with van der Waals surface area (Å²) >= 11 is 1.77. The first-order valence-electron chi connectivity index (χ1n) is 6.90. The number of hydrogen-bond donors (Lipinski definition) is 1. The second-order valence-electron chi connectivity index (χ2n) is 4.87. The number of nitrogens with one attached hydrogen (secondary N) is 1. The van der Waals surface area contributed by atoms with Crippen molar-refractivity contribution in [2.45, 2.75) is 25.8 Å². The Balaban J connectivity index is 1.59. The summed E-state index contributed by atoms with van der Waals surface area (Å²) in [5.74, 6) is 0. The van der Waals surface area contributed by atoms with E-state index in [0.717, 1.165) is 24.6 Å². The fourth-order valence-corrected chi connectivity index (χ4v) is 3.21. The highest BCUT2D eigenvalue weighted by Crippen LogP contribution is 2.25. The minimum Gasteiger partial charge on any atom is -0.248 e. The normalized spacial score (nSPS) is 16.6. The van der Waals surface area contributed by atoms with Crippen molar-refractivity contribution in [2.75, 3.05) is 13.1 Å². The molecule has 0 aliphatic carbocycles. The number of aromatic nitrogens is 1. The molecule has 3 rings (SSSR count). The van der Waals surface area contributed by atoms with Crippen LogP contribution in [0.25, 0.3) is 10.4 Å². The van der Waals surface area contributed by atoms with Crippen LogP contribution in [-0.4, -0.2) is 23.1 Å². The van der Waals surface area contributed by atoms with E-state index in [4.69, 9.17) is 0 Å². The predicted octanol–water partition coefficient (Wildman–Crippen LogP) is 3.30. The molecule has 19 heavy (non-hydrogen) atoms. The minimum atomic E-state index is 0.845. The molecule has 1 N–H and O–H groups in total. The SMILES string of the molecule is c1ccc(-c2cnc(CNN3CCCCC3)s2)cc1. The number of rotatable bonds is 4. The van der Waals surface area contributed by atoms with E-state index in [1.807, 2.05) is 12.3 Å². The predicted molar refractivity (Wildman–Crippen MR) is 79.8 cm³/mol. The molecule has 0 atom stereocenters. The summed E-state index contributed by atoms with van der Waals surface area (Å²) in [6, 6.07) is 10.5. The first kappa shape index (κ1) is 12.8. The Hall–Kier alpha value is -1.23. The molecule has 0 saturated carbocycles. The fourth-order valence-electron chi connectivity index (χ4n) is 2.36. The van der Waals surface area contributed by atoms with Gasteiger partial charge < -0.3 is 0 Å². The van der Waals surface area contributed by atoms with Crippen LogP contribution in [0.5, 0.6) is 0 Å². The van der Waals surface area contributed by atoms with E-state index < -0.39 is 0 Å². The van der Waals surface area contributed by atoms with Gasteiger partial charge in [0.2, 0.25) is 0 Å². The van der Waals surface area contributed by atoms with Crippen LogP contribution >= 0.6 is 11.3 Å². The van der Waals surface area contributed by atoms with Crippen LogP contribution in [0.15, 0.2) is 36.5 Å². The molecular formula is C15H19N3S. The maximum atomic E-state index is 4.51. The average molecular weight is 273 g/mol. The van der Waals surface area contributed by atoms with Gasteiger partial charge in [0.05, 0.1) is 11.4 Å². The maximum absolute atomic E-state index is 4.51. The van der Waals surface area contributed by atoms with Gasteiger partial charge in [0.25, 0.3) is 0 Å².